The standard InChI is InChI=1S/C7H13NO2S/c8-11(10,2-1-9)7-3-6(4-7)5-7/h6,8-9H,1-5H2. The lowest BCUT2D eigenvalue weighted by atomic mass is 9.55. The van der Waals surface area contributed by atoms with Crippen LogP contribution in [0.25, 0.3) is 0 Å². The number of aliphatic hydroxyl groups excluding tert-OH is 1. The summed E-state index contributed by atoms with van der Waals surface area (Å²) >= 11 is 0. The zero-order valence-corrected chi connectivity index (χ0v) is 7.19. The summed E-state index contributed by atoms with van der Waals surface area (Å²) in [5.74, 6) is 0.944. The van der Waals surface area contributed by atoms with Crippen molar-refractivity contribution in [2.45, 2.75) is 24.0 Å². The molecule has 0 saturated heterocycles. The Labute approximate surface area is 66.8 Å². The van der Waals surface area contributed by atoms with Gasteiger partial charge in [-0.05, 0) is 25.2 Å². The highest BCUT2D eigenvalue weighted by Gasteiger charge is 2.62. The maximum absolute atomic E-state index is 11.6. The molecule has 0 amide bonds. The molecule has 0 radical (unpaired) electrons. The van der Waals surface area contributed by atoms with E-state index >= 15 is 0 Å². The summed E-state index contributed by atoms with van der Waals surface area (Å²) in [5.41, 5.74) is 0. The Morgan fingerprint density at radius 2 is 2.09 bits per heavy atom. The lowest BCUT2D eigenvalue weighted by Crippen LogP contribution is -2.63. The number of hydrogen-bond donors (Lipinski definition) is 2. The Balaban J connectivity index is 2.14. The van der Waals surface area contributed by atoms with Crippen molar-refractivity contribution in [1.29, 1.82) is 4.78 Å². The van der Waals surface area contributed by atoms with Crippen molar-refractivity contribution in [2.24, 2.45) is 5.92 Å². The Morgan fingerprint density at radius 3 is 2.36 bits per heavy atom. The third-order valence-electron chi connectivity index (χ3n) is 3.06. The SMILES string of the molecule is N=S(=O)(CCO)C12CC(C1)C2. The second-order valence-corrected chi connectivity index (χ2v) is 6.39. The Bertz CT molecular complexity index is 253. The zero-order chi connectivity index (χ0) is 8.11. The predicted octanol–water partition coefficient (Wildman–Crippen LogP) is 0.578. The molecule has 1 atom stereocenters. The van der Waals surface area contributed by atoms with Gasteiger partial charge in [-0.2, -0.15) is 0 Å². The fourth-order valence-electron chi connectivity index (χ4n) is 2.15. The van der Waals surface area contributed by atoms with Crippen molar-refractivity contribution < 1.29 is 9.32 Å². The number of rotatable bonds is 3. The van der Waals surface area contributed by atoms with E-state index < -0.39 is 9.73 Å². The van der Waals surface area contributed by atoms with Gasteiger partial charge in [-0.15, -0.1) is 0 Å². The molecule has 3 saturated carbocycles. The van der Waals surface area contributed by atoms with Gasteiger partial charge in [0, 0.05) is 0 Å². The molecule has 0 aromatic heterocycles. The van der Waals surface area contributed by atoms with Gasteiger partial charge >= 0.3 is 0 Å². The molecule has 0 heterocycles. The van der Waals surface area contributed by atoms with Crippen LogP contribution in [0.2, 0.25) is 0 Å². The first-order valence-corrected chi connectivity index (χ1v) is 5.69. The van der Waals surface area contributed by atoms with Crippen LogP contribution in [0.1, 0.15) is 19.3 Å². The van der Waals surface area contributed by atoms with Gasteiger partial charge in [-0.3, -0.25) is 4.78 Å². The van der Waals surface area contributed by atoms with Crippen molar-refractivity contribution in [3.8, 4) is 0 Å². The first-order valence-electron chi connectivity index (χ1n) is 3.97. The normalized spacial score (nSPS) is 45.4. The highest BCUT2D eigenvalue weighted by Crippen LogP contribution is 2.62. The second kappa shape index (κ2) is 1.98. The van der Waals surface area contributed by atoms with Crippen LogP contribution in [-0.2, 0) is 9.73 Å². The van der Waals surface area contributed by atoms with Crippen LogP contribution in [0.3, 0.4) is 0 Å². The van der Waals surface area contributed by atoms with Crippen LogP contribution < -0.4 is 0 Å². The fourth-order valence-corrected chi connectivity index (χ4v) is 4.35. The Hall–Kier alpha value is -0.0900. The minimum absolute atomic E-state index is 0.102. The third kappa shape index (κ3) is 0.796. The number of nitrogens with one attached hydrogen (secondary N) is 1. The van der Waals surface area contributed by atoms with Gasteiger partial charge in [0.2, 0.25) is 0 Å². The van der Waals surface area contributed by atoms with Crippen molar-refractivity contribution >= 4 is 9.73 Å². The molecule has 4 heteroatoms. The van der Waals surface area contributed by atoms with Crippen LogP contribution >= 0.6 is 0 Å². The van der Waals surface area contributed by atoms with Gasteiger partial charge < -0.3 is 5.11 Å². The summed E-state index contributed by atoms with van der Waals surface area (Å²) in [5, 5.41) is 8.60. The molecule has 0 aromatic carbocycles. The molecule has 2 bridgehead atoms. The number of hydrogen-bond acceptors (Lipinski definition) is 3. The van der Waals surface area contributed by atoms with Gasteiger partial charge in [-0.1, -0.05) is 0 Å². The van der Waals surface area contributed by atoms with Crippen LogP contribution in [-0.4, -0.2) is 26.4 Å². The fraction of sp³-hybridized carbons (Fsp3) is 1.00. The summed E-state index contributed by atoms with van der Waals surface area (Å²) in [6.45, 7) is -0.102. The van der Waals surface area contributed by atoms with Gasteiger partial charge in [0.1, 0.15) is 0 Å². The van der Waals surface area contributed by atoms with Crippen LogP contribution in [0.15, 0.2) is 0 Å². The molecule has 0 aromatic rings. The lowest BCUT2D eigenvalue weighted by Gasteiger charge is -2.61. The van der Waals surface area contributed by atoms with Gasteiger partial charge in [0.15, 0.2) is 0 Å². The van der Waals surface area contributed by atoms with Crippen molar-refractivity contribution in [3.05, 3.63) is 0 Å². The topological polar surface area (TPSA) is 61.2 Å². The van der Waals surface area contributed by atoms with Crippen molar-refractivity contribution in [1.82, 2.24) is 0 Å². The smallest absolute Gasteiger partial charge is 0.0555 e. The molecule has 3 aliphatic rings. The van der Waals surface area contributed by atoms with E-state index in [-0.39, 0.29) is 17.1 Å². The van der Waals surface area contributed by atoms with Gasteiger partial charge in [0.25, 0.3) is 0 Å². The predicted molar refractivity (Wildman–Crippen MR) is 42.9 cm³/mol. The summed E-state index contributed by atoms with van der Waals surface area (Å²) in [6, 6.07) is 0. The van der Waals surface area contributed by atoms with E-state index in [1.54, 1.807) is 0 Å². The lowest BCUT2D eigenvalue weighted by molar-refractivity contribution is 0.0509. The van der Waals surface area contributed by atoms with Crippen LogP contribution in [0, 0.1) is 10.7 Å². The average molecular weight is 175 g/mol. The molecule has 3 fully saturated rings. The first kappa shape index (κ1) is 7.55. The van der Waals surface area contributed by atoms with Crippen LogP contribution in [0.4, 0.5) is 0 Å². The van der Waals surface area contributed by atoms with E-state index in [1.165, 1.54) is 0 Å². The van der Waals surface area contributed by atoms with E-state index in [0.717, 1.165) is 25.2 Å². The average Bonchev–Trinajstić information content (AvgIpc) is 1.51. The summed E-state index contributed by atoms with van der Waals surface area (Å²) in [6.07, 6.45) is 2.94. The van der Waals surface area contributed by atoms with Crippen molar-refractivity contribution in [2.75, 3.05) is 12.4 Å². The second-order valence-electron chi connectivity index (χ2n) is 3.76. The molecular formula is C7H13NO2S. The highest BCUT2D eigenvalue weighted by atomic mass is 32.2. The van der Waals surface area contributed by atoms with Gasteiger partial charge in [0.05, 0.1) is 26.8 Å². The van der Waals surface area contributed by atoms with E-state index in [1.807, 2.05) is 0 Å². The molecular weight excluding hydrogens is 162 g/mol. The van der Waals surface area contributed by atoms with E-state index in [9.17, 15) is 4.21 Å². The van der Waals surface area contributed by atoms with Gasteiger partial charge in [-0.25, -0.2) is 4.21 Å². The number of aliphatic hydroxyl groups is 1. The minimum Gasteiger partial charge on any atom is -0.395 e. The molecule has 3 nitrogen and oxygen atoms in total. The summed E-state index contributed by atoms with van der Waals surface area (Å²) in [4.78, 5) is 0. The first-order chi connectivity index (χ1) is 5.10. The van der Waals surface area contributed by atoms with Crippen LogP contribution in [0.5, 0.6) is 0 Å². The maximum Gasteiger partial charge on any atom is 0.0555 e. The van der Waals surface area contributed by atoms with E-state index in [0.29, 0.717) is 0 Å². The summed E-state index contributed by atoms with van der Waals surface area (Å²) < 4.78 is 19.1. The largest absolute Gasteiger partial charge is 0.395 e. The molecule has 2 N–H and O–H groups in total. The molecule has 3 aliphatic carbocycles. The quantitative estimate of drug-likeness (QED) is 0.659. The Morgan fingerprint density at radius 1 is 1.55 bits per heavy atom. The molecule has 3 rings (SSSR count). The monoisotopic (exact) mass is 175 g/mol. The van der Waals surface area contributed by atoms with E-state index in [4.69, 9.17) is 9.89 Å². The van der Waals surface area contributed by atoms with Crippen molar-refractivity contribution in [3.63, 3.8) is 0 Å². The maximum atomic E-state index is 11.6. The minimum atomic E-state index is -2.46. The van der Waals surface area contributed by atoms with E-state index in [2.05, 4.69) is 0 Å². The third-order valence-corrected chi connectivity index (χ3v) is 5.72. The summed E-state index contributed by atoms with van der Waals surface area (Å²) in [7, 11) is -2.46. The zero-order valence-electron chi connectivity index (χ0n) is 6.38. The molecule has 11 heavy (non-hydrogen) atoms. The molecule has 0 spiro atoms. The highest BCUT2D eigenvalue weighted by molar-refractivity contribution is 7.94. The molecule has 1 unspecified atom stereocenters. The molecule has 0 aliphatic heterocycles. The molecule has 64 valence electrons. The Kier molecular flexibility index (Phi) is 1.36.